The third-order valence-corrected chi connectivity index (χ3v) is 3.38. The van der Waals surface area contributed by atoms with Crippen LogP contribution in [-0.4, -0.2) is 23.6 Å². The molecule has 0 aliphatic carbocycles. The molecule has 1 aromatic heterocycles. The summed E-state index contributed by atoms with van der Waals surface area (Å²) >= 11 is 3.39. The highest BCUT2D eigenvalue weighted by Gasteiger charge is 2.29. The van der Waals surface area contributed by atoms with Crippen LogP contribution in [0.5, 0.6) is 0 Å². The monoisotopic (exact) mass is 317 g/mol. The van der Waals surface area contributed by atoms with E-state index in [4.69, 9.17) is 9.26 Å². The molecule has 4 nitrogen and oxygen atoms in total. The van der Waals surface area contributed by atoms with Crippen molar-refractivity contribution < 1.29 is 14.1 Å². The normalized spacial score (nSPS) is 12.7. The fourth-order valence-electron chi connectivity index (χ4n) is 1.84. The topological polar surface area (TPSA) is 52.3 Å². The maximum Gasteiger partial charge on any atom is 0.316 e. The summed E-state index contributed by atoms with van der Waals surface area (Å²) in [5.41, 5.74) is 0.903. The van der Waals surface area contributed by atoms with Gasteiger partial charge < -0.3 is 9.26 Å². The van der Waals surface area contributed by atoms with Gasteiger partial charge in [-0.2, -0.15) is 0 Å². The number of hydrogen-bond donors (Lipinski definition) is 0. The Kier molecular flexibility index (Phi) is 6.39. The van der Waals surface area contributed by atoms with Crippen LogP contribution in [0.2, 0.25) is 0 Å². The molecule has 1 heterocycles. The molecule has 5 heteroatoms. The Balaban J connectivity index is 2.72. The van der Waals surface area contributed by atoms with Crippen LogP contribution in [0, 0.1) is 5.92 Å². The van der Waals surface area contributed by atoms with Gasteiger partial charge in [0.1, 0.15) is 5.92 Å². The van der Waals surface area contributed by atoms with Gasteiger partial charge in [0.2, 0.25) is 0 Å². The molecule has 0 fully saturated rings. The Morgan fingerprint density at radius 2 is 2.22 bits per heavy atom. The maximum atomic E-state index is 11.7. The van der Waals surface area contributed by atoms with Crippen molar-refractivity contribution >= 4 is 21.9 Å². The van der Waals surface area contributed by atoms with Crippen molar-refractivity contribution in [3.8, 4) is 0 Å². The number of aromatic nitrogens is 1. The van der Waals surface area contributed by atoms with Crippen LogP contribution in [0.25, 0.3) is 0 Å². The molecule has 0 aromatic carbocycles. The minimum absolute atomic E-state index is 0.126. The lowest BCUT2D eigenvalue weighted by atomic mass is 9.93. The van der Waals surface area contributed by atoms with Gasteiger partial charge in [-0.3, -0.25) is 4.79 Å². The lowest BCUT2D eigenvalue weighted by molar-refractivity contribution is -0.144. The number of carbonyl (C=O) groups is 1. The summed E-state index contributed by atoms with van der Waals surface area (Å²) in [4.78, 5) is 11.7. The molecule has 1 atom stereocenters. The first kappa shape index (κ1) is 15.2. The number of unbranched alkanes of at least 4 members (excludes halogenated alkanes) is 1. The Morgan fingerprint density at radius 3 is 2.78 bits per heavy atom. The first-order valence-electron chi connectivity index (χ1n) is 6.19. The van der Waals surface area contributed by atoms with Gasteiger partial charge in [-0.05, 0) is 25.2 Å². The van der Waals surface area contributed by atoms with Crippen molar-refractivity contribution in [1.29, 1.82) is 0 Å². The standard InChI is InChI=1S/C13H20BrNO3/c1-9(2)12(13(16)17-3)11-8-10(15-18-11)6-4-5-7-14/h8-9,12H,4-7H2,1-3H3. The average Bonchev–Trinajstić information content (AvgIpc) is 2.77. The summed E-state index contributed by atoms with van der Waals surface area (Å²) in [6.45, 7) is 3.93. The number of nitrogens with zero attached hydrogens (tertiary/aromatic N) is 1. The van der Waals surface area contributed by atoms with Crippen molar-refractivity contribution in [2.45, 2.75) is 39.0 Å². The van der Waals surface area contributed by atoms with E-state index in [0.29, 0.717) is 5.76 Å². The predicted molar refractivity (Wildman–Crippen MR) is 72.8 cm³/mol. The van der Waals surface area contributed by atoms with E-state index in [9.17, 15) is 4.79 Å². The van der Waals surface area contributed by atoms with Gasteiger partial charge in [0.15, 0.2) is 5.76 Å². The Bertz CT molecular complexity index is 376. The van der Waals surface area contributed by atoms with Crippen molar-refractivity contribution in [3.63, 3.8) is 0 Å². The van der Waals surface area contributed by atoms with Crippen LogP contribution in [-0.2, 0) is 16.0 Å². The molecule has 0 bridgehead atoms. The largest absolute Gasteiger partial charge is 0.468 e. The third kappa shape index (κ3) is 4.12. The SMILES string of the molecule is COC(=O)C(c1cc(CCCCBr)no1)C(C)C. The Labute approximate surface area is 116 Å². The van der Waals surface area contributed by atoms with Crippen LogP contribution in [0.3, 0.4) is 0 Å². The molecule has 1 aromatic rings. The molecule has 0 saturated heterocycles. The molecule has 0 N–H and O–H groups in total. The Hall–Kier alpha value is -0.840. The summed E-state index contributed by atoms with van der Waals surface area (Å²) in [6.07, 6.45) is 3.04. The predicted octanol–water partition coefficient (Wildman–Crippen LogP) is 3.30. The summed E-state index contributed by atoms with van der Waals surface area (Å²) in [5.74, 6) is 0.0899. The number of hydrogen-bond acceptors (Lipinski definition) is 4. The zero-order valence-corrected chi connectivity index (χ0v) is 12.7. The number of halogens is 1. The smallest absolute Gasteiger partial charge is 0.316 e. The zero-order valence-electron chi connectivity index (χ0n) is 11.1. The van der Waals surface area contributed by atoms with E-state index in [1.807, 2.05) is 19.9 Å². The molecule has 0 aliphatic rings. The van der Waals surface area contributed by atoms with E-state index in [0.717, 1.165) is 30.3 Å². The summed E-state index contributed by atoms with van der Waals surface area (Å²) in [6, 6.07) is 1.87. The van der Waals surface area contributed by atoms with Gasteiger partial charge in [-0.1, -0.05) is 34.9 Å². The van der Waals surface area contributed by atoms with E-state index in [2.05, 4.69) is 21.1 Å². The lowest BCUT2D eigenvalue weighted by Crippen LogP contribution is -2.19. The fraction of sp³-hybridized carbons (Fsp3) is 0.692. The van der Waals surface area contributed by atoms with Crippen molar-refractivity contribution in [1.82, 2.24) is 5.16 Å². The van der Waals surface area contributed by atoms with Crippen LogP contribution >= 0.6 is 15.9 Å². The van der Waals surface area contributed by atoms with Gasteiger partial charge in [0.25, 0.3) is 0 Å². The highest BCUT2D eigenvalue weighted by atomic mass is 79.9. The minimum atomic E-state index is -0.368. The average molecular weight is 318 g/mol. The molecular formula is C13H20BrNO3. The van der Waals surface area contributed by atoms with Gasteiger partial charge in [0, 0.05) is 11.4 Å². The van der Waals surface area contributed by atoms with Crippen LogP contribution in [0.15, 0.2) is 10.6 Å². The lowest BCUT2D eigenvalue weighted by Gasteiger charge is -2.14. The first-order valence-corrected chi connectivity index (χ1v) is 7.31. The first-order chi connectivity index (χ1) is 8.60. The zero-order chi connectivity index (χ0) is 13.5. The summed E-state index contributed by atoms with van der Waals surface area (Å²) in [5, 5.41) is 5.00. The van der Waals surface area contributed by atoms with Gasteiger partial charge in [-0.25, -0.2) is 0 Å². The molecule has 0 aliphatic heterocycles. The highest BCUT2D eigenvalue weighted by molar-refractivity contribution is 9.09. The van der Waals surface area contributed by atoms with Gasteiger partial charge >= 0.3 is 5.97 Å². The second-order valence-corrected chi connectivity index (χ2v) is 5.40. The second kappa shape index (κ2) is 7.56. The van der Waals surface area contributed by atoms with E-state index >= 15 is 0 Å². The van der Waals surface area contributed by atoms with Crippen molar-refractivity contribution in [3.05, 3.63) is 17.5 Å². The molecule has 0 saturated carbocycles. The molecule has 0 amide bonds. The Morgan fingerprint density at radius 1 is 1.50 bits per heavy atom. The van der Waals surface area contributed by atoms with Gasteiger partial charge in [-0.15, -0.1) is 0 Å². The molecule has 0 radical (unpaired) electrons. The highest BCUT2D eigenvalue weighted by Crippen LogP contribution is 2.26. The minimum Gasteiger partial charge on any atom is -0.468 e. The van der Waals surface area contributed by atoms with E-state index in [1.54, 1.807) is 0 Å². The molecule has 102 valence electrons. The van der Waals surface area contributed by atoms with Gasteiger partial charge in [0.05, 0.1) is 12.8 Å². The van der Waals surface area contributed by atoms with E-state index < -0.39 is 0 Å². The number of alkyl halides is 1. The van der Waals surface area contributed by atoms with Crippen LogP contribution in [0.1, 0.15) is 44.1 Å². The maximum absolute atomic E-state index is 11.7. The van der Waals surface area contributed by atoms with Crippen LogP contribution < -0.4 is 0 Å². The number of ether oxygens (including phenoxy) is 1. The third-order valence-electron chi connectivity index (χ3n) is 2.82. The fourth-order valence-corrected chi connectivity index (χ4v) is 2.23. The summed E-state index contributed by atoms with van der Waals surface area (Å²) < 4.78 is 10.1. The number of carbonyl (C=O) groups excluding carboxylic acids is 1. The van der Waals surface area contributed by atoms with E-state index in [-0.39, 0.29) is 17.8 Å². The van der Waals surface area contributed by atoms with Crippen LogP contribution in [0.4, 0.5) is 0 Å². The molecular weight excluding hydrogens is 298 g/mol. The molecule has 1 rings (SSSR count). The molecule has 18 heavy (non-hydrogen) atoms. The molecule has 1 unspecified atom stereocenters. The second-order valence-electron chi connectivity index (χ2n) is 4.61. The summed E-state index contributed by atoms with van der Waals surface area (Å²) in [7, 11) is 1.39. The molecule has 0 spiro atoms. The van der Waals surface area contributed by atoms with Crippen molar-refractivity contribution in [2.75, 3.05) is 12.4 Å². The van der Waals surface area contributed by atoms with Crippen molar-refractivity contribution in [2.24, 2.45) is 5.92 Å². The number of rotatable bonds is 7. The van der Waals surface area contributed by atoms with E-state index in [1.165, 1.54) is 7.11 Å². The number of esters is 1. The quantitative estimate of drug-likeness (QED) is 0.440. The number of methoxy groups -OCH3 is 1. The number of aryl methyl sites for hydroxylation is 1.